The summed E-state index contributed by atoms with van der Waals surface area (Å²) in [5.41, 5.74) is 1.56. The van der Waals surface area contributed by atoms with Crippen molar-refractivity contribution in [2.75, 3.05) is 11.9 Å². The van der Waals surface area contributed by atoms with Gasteiger partial charge >= 0.3 is 6.09 Å². The molecule has 2 aromatic rings. The molecule has 1 aromatic carbocycles. The van der Waals surface area contributed by atoms with Gasteiger partial charge in [0.2, 0.25) is 5.91 Å². The van der Waals surface area contributed by atoms with Crippen LogP contribution in [-0.4, -0.2) is 40.7 Å². The van der Waals surface area contributed by atoms with E-state index in [1.165, 1.54) is 16.2 Å². The summed E-state index contributed by atoms with van der Waals surface area (Å²) >= 11 is 1.44. The van der Waals surface area contributed by atoms with Crippen LogP contribution < -0.4 is 10.1 Å². The monoisotopic (exact) mass is 411 g/mol. The molecule has 1 saturated heterocycles. The van der Waals surface area contributed by atoms with E-state index in [1.807, 2.05) is 0 Å². The molecule has 1 fully saturated rings. The number of benzene rings is 1. The van der Waals surface area contributed by atoms with Gasteiger partial charge < -0.3 is 15.2 Å². The van der Waals surface area contributed by atoms with Crippen LogP contribution in [-0.2, 0) is 17.6 Å². The van der Waals surface area contributed by atoms with Crippen LogP contribution in [0.15, 0.2) is 30.3 Å². The van der Waals surface area contributed by atoms with Gasteiger partial charge in [-0.05, 0) is 43.4 Å². The van der Waals surface area contributed by atoms with Crippen molar-refractivity contribution in [3.8, 4) is 11.8 Å². The van der Waals surface area contributed by atoms with Crippen molar-refractivity contribution in [1.29, 1.82) is 5.26 Å². The number of thiophene rings is 1. The second-order valence-electron chi connectivity index (χ2n) is 7.25. The average Bonchev–Trinajstić information content (AvgIpc) is 3.28. The number of carbonyl (C=O) groups is 2. The molecule has 1 aliphatic heterocycles. The number of hydrogen-bond donors (Lipinski definition) is 2. The second kappa shape index (κ2) is 8.23. The summed E-state index contributed by atoms with van der Waals surface area (Å²) in [7, 11) is 0. The molecule has 150 valence electrons. The Morgan fingerprint density at radius 2 is 2.00 bits per heavy atom. The molecule has 2 aliphatic rings. The van der Waals surface area contributed by atoms with Gasteiger partial charge in [0.25, 0.3) is 0 Å². The van der Waals surface area contributed by atoms with E-state index in [-0.39, 0.29) is 13.0 Å². The molecule has 0 unspecified atom stereocenters. The molecule has 29 heavy (non-hydrogen) atoms. The number of hydrogen-bond acceptors (Lipinski definition) is 6. The number of carbonyl (C=O) groups excluding carboxylic acids is 2. The lowest BCUT2D eigenvalue weighted by atomic mass is 9.96. The van der Waals surface area contributed by atoms with Gasteiger partial charge in [-0.25, -0.2) is 4.79 Å². The molecule has 7 nitrogen and oxygen atoms in total. The summed E-state index contributed by atoms with van der Waals surface area (Å²) in [6.07, 6.45) is 2.53. The maximum absolute atomic E-state index is 12.9. The third-order valence-electron chi connectivity index (χ3n) is 5.28. The van der Waals surface area contributed by atoms with Crippen molar-refractivity contribution < 1.29 is 19.4 Å². The molecule has 1 aromatic heterocycles. The van der Waals surface area contributed by atoms with Crippen molar-refractivity contribution >= 4 is 28.3 Å². The Morgan fingerprint density at radius 3 is 2.76 bits per heavy atom. The number of fused-ring (bicyclic) bond motifs is 1. The highest BCUT2D eigenvalue weighted by Gasteiger charge is 2.40. The fraction of sp³-hybridized carbons (Fsp3) is 0.381. The van der Waals surface area contributed by atoms with E-state index < -0.39 is 24.1 Å². The van der Waals surface area contributed by atoms with Crippen LogP contribution in [0.5, 0.6) is 5.75 Å². The van der Waals surface area contributed by atoms with Gasteiger partial charge in [-0.1, -0.05) is 18.2 Å². The van der Waals surface area contributed by atoms with Crippen LogP contribution in [0.1, 0.15) is 35.3 Å². The number of β-amino-alcohol motifs (C(OH)–C–C–N with tert-alkyl or cyclic N) is 1. The maximum atomic E-state index is 12.9. The molecule has 4 rings (SSSR count). The molecule has 2 heterocycles. The number of nitrogens with zero attached hydrogens (tertiary/aromatic N) is 2. The minimum absolute atomic E-state index is 0.0236. The van der Waals surface area contributed by atoms with Gasteiger partial charge in [0.15, 0.2) is 0 Å². The summed E-state index contributed by atoms with van der Waals surface area (Å²) in [6, 6.07) is 9.95. The third-order valence-corrected chi connectivity index (χ3v) is 6.49. The predicted octanol–water partition coefficient (Wildman–Crippen LogP) is 3.07. The first-order chi connectivity index (χ1) is 14.1. The summed E-state index contributed by atoms with van der Waals surface area (Å²) in [6.45, 7) is 0.0236. The summed E-state index contributed by atoms with van der Waals surface area (Å²) in [4.78, 5) is 27.9. The van der Waals surface area contributed by atoms with E-state index in [9.17, 15) is 20.0 Å². The number of amides is 2. The first-order valence-corrected chi connectivity index (χ1v) is 10.5. The number of ether oxygens (including phenoxy) is 1. The molecule has 8 heteroatoms. The zero-order valence-corrected chi connectivity index (χ0v) is 16.6. The Morgan fingerprint density at radius 1 is 1.24 bits per heavy atom. The van der Waals surface area contributed by atoms with Crippen LogP contribution in [0.3, 0.4) is 0 Å². The molecule has 2 amide bonds. The molecule has 2 atom stereocenters. The highest BCUT2D eigenvalue weighted by molar-refractivity contribution is 7.16. The van der Waals surface area contributed by atoms with Gasteiger partial charge in [-0.3, -0.25) is 9.69 Å². The number of anilines is 1. The average molecular weight is 411 g/mol. The summed E-state index contributed by atoms with van der Waals surface area (Å²) in [5, 5.41) is 23.0. The maximum Gasteiger partial charge on any atom is 0.416 e. The highest BCUT2D eigenvalue weighted by atomic mass is 32.1. The van der Waals surface area contributed by atoms with E-state index in [0.29, 0.717) is 16.3 Å². The van der Waals surface area contributed by atoms with Crippen LogP contribution >= 0.6 is 11.3 Å². The minimum Gasteiger partial charge on any atom is -0.410 e. The molecule has 1 aliphatic carbocycles. The number of para-hydroxylation sites is 1. The quantitative estimate of drug-likeness (QED) is 0.808. The lowest BCUT2D eigenvalue weighted by molar-refractivity contribution is -0.119. The van der Waals surface area contributed by atoms with Crippen LogP contribution in [0.2, 0.25) is 0 Å². The minimum atomic E-state index is -0.855. The largest absolute Gasteiger partial charge is 0.416 e. The fourth-order valence-corrected chi connectivity index (χ4v) is 5.12. The van der Waals surface area contributed by atoms with Gasteiger partial charge in [-0.2, -0.15) is 5.26 Å². The Balaban J connectivity index is 1.51. The second-order valence-corrected chi connectivity index (χ2v) is 8.36. The lowest BCUT2D eigenvalue weighted by Crippen LogP contribution is -2.44. The number of nitrogens with one attached hydrogen (secondary N) is 1. The molecule has 0 bridgehead atoms. The van der Waals surface area contributed by atoms with Crippen LogP contribution in [0.4, 0.5) is 9.80 Å². The van der Waals surface area contributed by atoms with E-state index in [4.69, 9.17) is 4.74 Å². The molecule has 0 saturated carbocycles. The number of nitriles is 1. The van der Waals surface area contributed by atoms with Gasteiger partial charge in [0, 0.05) is 11.3 Å². The smallest absolute Gasteiger partial charge is 0.410 e. The number of aliphatic hydroxyl groups is 1. The third kappa shape index (κ3) is 3.97. The zero-order chi connectivity index (χ0) is 20.4. The van der Waals surface area contributed by atoms with Gasteiger partial charge in [0.1, 0.15) is 22.9 Å². The SMILES string of the molecule is N#Cc1c(NC(=O)[C@@H]2C[C@@H](O)CN2C(=O)Oc2ccccc2)sc2c1CCCC2. The van der Waals surface area contributed by atoms with Crippen molar-refractivity contribution in [2.24, 2.45) is 0 Å². The van der Waals surface area contributed by atoms with Crippen molar-refractivity contribution in [3.63, 3.8) is 0 Å². The molecular formula is C21H21N3O4S. The number of likely N-dealkylation sites (tertiary alicyclic amines) is 1. The van der Waals surface area contributed by atoms with Crippen LogP contribution in [0, 0.1) is 11.3 Å². The van der Waals surface area contributed by atoms with E-state index in [1.54, 1.807) is 30.3 Å². The van der Waals surface area contributed by atoms with Crippen molar-refractivity contribution in [2.45, 2.75) is 44.2 Å². The van der Waals surface area contributed by atoms with E-state index in [0.717, 1.165) is 36.1 Å². The lowest BCUT2D eigenvalue weighted by Gasteiger charge is -2.22. The van der Waals surface area contributed by atoms with Crippen LogP contribution in [0.25, 0.3) is 0 Å². The van der Waals surface area contributed by atoms with E-state index >= 15 is 0 Å². The van der Waals surface area contributed by atoms with Crippen molar-refractivity contribution in [1.82, 2.24) is 4.90 Å². The van der Waals surface area contributed by atoms with Gasteiger partial charge in [0.05, 0.1) is 18.2 Å². The molecule has 0 spiro atoms. The molecular weight excluding hydrogens is 390 g/mol. The van der Waals surface area contributed by atoms with Gasteiger partial charge in [-0.15, -0.1) is 11.3 Å². The summed E-state index contributed by atoms with van der Waals surface area (Å²) < 4.78 is 5.33. The normalized spacial score (nSPS) is 20.6. The number of aliphatic hydroxyl groups excluding tert-OH is 1. The number of aryl methyl sites for hydroxylation is 1. The predicted molar refractivity (Wildman–Crippen MR) is 108 cm³/mol. The van der Waals surface area contributed by atoms with Crippen molar-refractivity contribution in [3.05, 3.63) is 46.3 Å². The molecule has 0 radical (unpaired) electrons. The Labute approximate surface area is 172 Å². The Hall–Kier alpha value is -2.89. The highest BCUT2D eigenvalue weighted by Crippen LogP contribution is 2.38. The topological polar surface area (TPSA) is 103 Å². The Bertz CT molecular complexity index is 966. The summed E-state index contributed by atoms with van der Waals surface area (Å²) in [5.74, 6) is -0.0441. The zero-order valence-electron chi connectivity index (χ0n) is 15.8. The molecule has 2 N–H and O–H groups in total. The first-order valence-electron chi connectivity index (χ1n) is 9.64. The number of rotatable bonds is 3. The Kier molecular flexibility index (Phi) is 5.51. The van der Waals surface area contributed by atoms with E-state index in [2.05, 4.69) is 11.4 Å². The standard InChI is InChI=1S/C21H21N3O4S/c22-11-16-15-8-4-5-9-18(15)29-20(16)23-19(26)17-10-13(25)12-24(17)21(27)28-14-6-2-1-3-7-14/h1-3,6-7,13,17,25H,4-5,8-10,12H2,(H,23,26)/t13-,17+/m1/s1. The fourth-order valence-electron chi connectivity index (χ4n) is 3.88. The first kappa shape index (κ1) is 19.4.